The van der Waals surface area contributed by atoms with E-state index in [2.05, 4.69) is 11.8 Å². The van der Waals surface area contributed by atoms with Crippen molar-refractivity contribution in [2.45, 2.75) is 12.8 Å². The van der Waals surface area contributed by atoms with Gasteiger partial charge >= 0.3 is 0 Å². The van der Waals surface area contributed by atoms with Crippen molar-refractivity contribution in [1.29, 1.82) is 0 Å². The number of fused-ring (bicyclic) bond motifs is 1. The molecule has 0 unspecified atom stereocenters. The molecule has 0 atom stereocenters. The highest BCUT2D eigenvalue weighted by Gasteiger charge is 2.04. The van der Waals surface area contributed by atoms with Crippen LogP contribution >= 0.6 is 11.6 Å². The lowest BCUT2D eigenvalue weighted by molar-refractivity contribution is 0.601. The fourth-order valence-electron chi connectivity index (χ4n) is 1.43. The highest BCUT2D eigenvalue weighted by Crippen LogP contribution is 2.25. The first-order valence-electron chi connectivity index (χ1n) is 5.18. The fourth-order valence-corrected chi connectivity index (χ4v) is 1.65. The summed E-state index contributed by atoms with van der Waals surface area (Å²) in [4.78, 5) is 0. The van der Waals surface area contributed by atoms with Crippen molar-refractivity contribution in [3.8, 4) is 11.8 Å². The molecular weight excluding hydrogens is 222 g/mol. The van der Waals surface area contributed by atoms with Crippen LogP contribution in [0.5, 0.6) is 0 Å². The van der Waals surface area contributed by atoms with Crippen LogP contribution < -0.4 is 5.73 Å². The van der Waals surface area contributed by atoms with Crippen molar-refractivity contribution < 1.29 is 4.42 Å². The molecule has 0 spiro atoms. The molecule has 0 saturated carbocycles. The number of nitrogens with two attached hydrogens (primary N) is 1. The average Bonchev–Trinajstić information content (AvgIpc) is 2.69. The summed E-state index contributed by atoms with van der Waals surface area (Å²) >= 11 is 6.00. The number of halogens is 1. The topological polar surface area (TPSA) is 39.2 Å². The zero-order valence-electron chi connectivity index (χ0n) is 8.79. The van der Waals surface area contributed by atoms with E-state index in [1.165, 1.54) is 0 Å². The molecule has 2 aromatic rings. The van der Waals surface area contributed by atoms with Crippen LogP contribution in [0.1, 0.15) is 18.6 Å². The van der Waals surface area contributed by atoms with Gasteiger partial charge in [0.2, 0.25) is 0 Å². The second kappa shape index (κ2) is 5.07. The van der Waals surface area contributed by atoms with E-state index in [1.807, 2.05) is 18.2 Å². The van der Waals surface area contributed by atoms with E-state index in [1.54, 1.807) is 6.07 Å². The standard InChI is InChI=1S/C13H12ClNO/c14-12-7-4-5-10-9-11(16-13(10)12)6-2-1-3-8-15/h4-5,7,9H,1,3,8,15H2. The van der Waals surface area contributed by atoms with Crippen molar-refractivity contribution in [1.82, 2.24) is 0 Å². The van der Waals surface area contributed by atoms with Gasteiger partial charge in [-0.1, -0.05) is 29.7 Å². The third-order valence-corrected chi connectivity index (χ3v) is 2.51. The van der Waals surface area contributed by atoms with E-state index in [9.17, 15) is 0 Å². The van der Waals surface area contributed by atoms with Gasteiger partial charge in [0, 0.05) is 17.9 Å². The Balaban J connectivity index is 2.25. The quantitative estimate of drug-likeness (QED) is 0.639. The average molecular weight is 234 g/mol. The summed E-state index contributed by atoms with van der Waals surface area (Å²) in [6, 6.07) is 7.55. The van der Waals surface area contributed by atoms with Gasteiger partial charge in [-0.25, -0.2) is 0 Å². The van der Waals surface area contributed by atoms with Crippen molar-refractivity contribution in [3.63, 3.8) is 0 Å². The van der Waals surface area contributed by atoms with Gasteiger partial charge in [0.05, 0.1) is 5.02 Å². The SMILES string of the molecule is NCCCC#Cc1cc2cccc(Cl)c2o1. The van der Waals surface area contributed by atoms with Crippen LogP contribution in [0.25, 0.3) is 11.0 Å². The zero-order valence-corrected chi connectivity index (χ0v) is 9.55. The number of unbranched alkanes of at least 4 members (excludes halogenated alkanes) is 1. The molecule has 16 heavy (non-hydrogen) atoms. The Labute approximate surface area is 99.4 Å². The van der Waals surface area contributed by atoms with E-state index in [-0.39, 0.29) is 0 Å². The maximum Gasteiger partial charge on any atom is 0.178 e. The molecule has 2 N–H and O–H groups in total. The number of benzene rings is 1. The van der Waals surface area contributed by atoms with Gasteiger partial charge in [-0.05, 0) is 25.0 Å². The van der Waals surface area contributed by atoms with Gasteiger partial charge in [-0.2, -0.15) is 0 Å². The van der Waals surface area contributed by atoms with Crippen LogP contribution in [0.2, 0.25) is 5.02 Å². The molecule has 82 valence electrons. The molecule has 1 aromatic carbocycles. The van der Waals surface area contributed by atoms with Crippen LogP contribution in [0.3, 0.4) is 0 Å². The lowest BCUT2D eigenvalue weighted by Crippen LogP contribution is -1.96. The Hall–Kier alpha value is -1.43. The first-order valence-corrected chi connectivity index (χ1v) is 5.56. The molecule has 3 heteroatoms. The minimum atomic E-state index is 0.618. The van der Waals surface area contributed by atoms with Crippen LogP contribution in [-0.4, -0.2) is 6.54 Å². The Morgan fingerprint density at radius 2 is 2.25 bits per heavy atom. The Kier molecular flexibility index (Phi) is 3.51. The molecule has 0 radical (unpaired) electrons. The minimum absolute atomic E-state index is 0.618. The normalized spacial score (nSPS) is 10.1. The highest BCUT2D eigenvalue weighted by molar-refractivity contribution is 6.34. The Morgan fingerprint density at radius 3 is 3.00 bits per heavy atom. The molecule has 1 aromatic heterocycles. The zero-order chi connectivity index (χ0) is 11.4. The summed E-state index contributed by atoms with van der Waals surface area (Å²) in [6.45, 7) is 0.667. The molecule has 0 fully saturated rings. The van der Waals surface area contributed by atoms with E-state index in [0.29, 0.717) is 22.9 Å². The Bertz CT molecular complexity index is 548. The van der Waals surface area contributed by atoms with Crippen molar-refractivity contribution in [2.24, 2.45) is 5.73 Å². The van der Waals surface area contributed by atoms with Crippen molar-refractivity contribution in [2.75, 3.05) is 6.54 Å². The molecule has 2 nitrogen and oxygen atoms in total. The van der Waals surface area contributed by atoms with Gasteiger partial charge < -0.3 is 10.2 Å². The number of para-hydroxylation sites is 1. The second-order valence-corrected chi connectivity index (χ2v) is 3.87. The lowest BCUT2D eigenvalue weighted by Gasteiger charge is -1.88. The summed E-state index contributed by atoms with van der Waals surface area (Å²) in [7, 11) is 0. The van der Waals surface area contributed by atoms with E-state index >= 15 is 0 Å². The predicted molar refractivity (Wildman–Crippen MR) is 66.4 cm³/mol. The predicted octanol–water partition coefficient (Wildman–Crippen LogP) is 3.18. The molecule has 2 rings (SSSR count). The third-order valence-electron chi connectivity index (χ3n) is 2.21. The van der Waals surface area contributed by atoms with Crippen LogP contribution in [0.4, 0.5) is 0 Å². The summed E-state index contributed by atoms with van der Waals surface area (Å²) in [5.74, 6) is 6.63. The van der Waals surface area contributed by atoms with Crippen LogP contribution in [0.15, 0.2) is 28.7 Å². The lowest BCUT2D eigenvalue weighted by atomic mass is 10.2. The number of hydrogen-bond acceptors (Lipinski definition) is 2. The van der Waals surface area contributed by atoms with Crippen molar-refractivity contribution in [3.05, 3.63) is 35.0 Å². The molecular formula is C13H12ClNO. The van der Waals surface area contributed by atoms with Gasteiger partial charge in [0.15, 0.2) is 11.3 Å². The minimum Gasteiger partial charge on any atom is -0.446 e. The molecule has 0 saturated heterocycles. The summed E-state index contributed by atoms with van der Waals surface area (Å²) in [6.07, 6.45) is 1.70. The van der Waals surface area contributed by atoms with E-state index in [4.69, 9.17) is 21.8 Å². The summed E-state index contributed by atoms with van der Waals surface area (Å²) < 4.78 is 5.54. The molecule has 0 aliphatic carbocycles. The maximum atomic E-state index is 6.00. The molecule has 0 aliphatic rings. The van der Waals surface area contributed by atoms with E-state index in [0.717, 1.165) is 18.2 Å². The summed E-state index contributed by atoms with van der Waals surface area (Å²) in [5.41, 5.74) is 6.08. The molecule has 1 heterocycles. The monoisotopic (exact) mass is 233 g/mol. The number of furan rings is 1. The second-order valence-electron chi connectivity index (χ2n) is 3.46. The largest absolute Gasteiger partial charge is 0.446 e. The first-order chi connectivity index (χ1) is 7.81. The molecule has 0 bridgehead atoms. The fraction of sp³-hybridized carbons (Fsp3) is 0.231. The number of rotatable bonds is 2. The van der Waals surface area contributed by atoms with Gasteiger partial charge in [0.1, 0.15) is 0 Å². The first kappa shape index (κ1) is 11.1. The third kappa shape index (κ3) is 2.38. The van der Waals surface area contributed by atoms with Gasteiger partial charge in [0.25, 0.3) is 0 Å². The molecule has 0 aliphatic heterocycles. The van der Waals surface area contributed by atoms with E-state index < -0.39 is 0 Å². The smallest absolute Gasteiger partial charge is 0.178 e. The number of hydrogen-bond donors (Lipinski definition) is 1. The highest BCUT2D eigenvalue weighted by atomic mass is 35.5. The Morgan fingerprint density at radius 1 is 1.38 bits per heavy atom. The van der Waals surface area contributed by atoms with Crippen LogP contribution in [-0.2, 0) is 0 Å². The molecule has 0 amide bonds. The van der Waals surface area contributed by atoms with Crippen LogP contribution in [0, 0.1) is 11.8 Å². The van der Waals surface area contributed by atoms with Crippen molar-refractivity contribution >= 4 is 22.6 Å². The maximum absolute atomic E-state index is 6.00. The van der Waals surface area contributed by atoms with Gasteiger partial charge in [-0.15, -0.1) is 0 Å². The van der Waals surface area contributed by atoms with Gasteiger partial charge in [-0.3, -0.25) is 0 Å². The summed E-state index contributed by atoms with van der Waals surface area (Å²) in [5, 5.41) is 1.60.